The quantitative estimate of drug-likeness (QED) is 0.171. The fraction of sp³-hybridized carbons (Fsp3) is 0.0769. The van der Waals surface area contributed by atoms with Crippen molar-refractivity contribution in [3.63, 3.8) is 0 Å². The lowest BCUT2D eigenvalue weighted by Crippen LogP contribution is -2.09. The third-order valence-electron chi connectivity index (χ3n) is 5.44. The molecule has 39 heavy (non-hydrogen) atoms. The first-order valence-electron chi connectivity index (χ1n) is 11.1. The molecule has 0 atom stereocenters. The summed E-state index contributed by atoms with van der Waals surface area (Å²) in [5.74, 6) is 0. The summed E-state index contributed by atoms with van der Waals surface area (Å²) in [7, 11) is -3.25. The van der Waals surface area contributed by atoms with Crippen LogP contribution >= 0.6 is 10.7 Å². The van der Waals surface area contributed by atoms with Gasteiger partial charge in [0.2, 0.25) is 0 Å². The van der Waals surface area contributed by atoms with Gasteiger partial charge in [-0.05, 0) is 35.4 Å². The van der Waals surface area contributed by atoms with E-state index >= 15 is 0 Å². The number of hydrogen-bond donors (Lipinski definition) is 2. The van der Waals surface area contributed by atoms with E-state index in [0.717, 1.165) is 11.1 Å². The van der Waals surface area contributed by atoms with Crippen LogP contribution in [-0.4, -0.2) is 48.5 Å². The van der Waals surface area contributed by atoms with Crippen molar-refractivity contribution in [2.24, 2.45) is 0 Å². The Bertz CT molecular complexity index is 1790. The Morgan fingerprint density at radius 1 is 0.590 bits per heavy atom. The molecule has 0 fully saturated rings. The molecule has 4 aromatic carbocycles. The normalized spacial score (nSPS) is 12.2. The highest BCUT2D eigenvalue weighted by atomic mass is 35.7. The summed E-state index contributed by atoms with van der Waals surface area (Å²) in [4.78, 5) is 1.50. The number of nitrogens with zero attached hydrogens (tertiary/aromatic N) is 1. The maximum absolute atomic E-state index is 11.5. The number of fused-ring (bicyclic) bond motifs is 1. The van der Waals surface area contributed by atoms with Crippen molar-refractivity contribution in [3.05, 3.63) is 96.1 Å². The van der Waals surface area contributed by atoms with Gasteiger partial charge in [0.1, 0.15) is 9.79 Å². The Hall–Kier alpha value is -3.26. The number of benzene rings is 4. The maximum Gasteiger partial charge on any atom is 0.295 e. The van der Waals surface area contributed by atoms with Crippen LogP contribution in [0.3, 0.4) is 0 Å². The minimum absolute atomic E-state index is 0.153. The highest BCUT2D eigenvalue weighted by molar-refractivity contribution is 8.14. The van der Waals surface area contributed by atoms with Crippen LogP contribution < -0.4 is 4.90 Å². The van der Waals surface area contributed by atoms with E-state index in [1.165, 1.54) is 54.6 Å². The largest absolute Gasteiger partial charge is 0.377 e. The van der Waals surface area contributed by atoms with E-state index in [1.54, 1.807) is 24.3 Å². The molecule has 0 aliphatic rings. The van der Waals surface area contributed by atoms with E-state index in [9.17, 15) is 25.3 Å². The molecule has 9 nitrogen and oxygen atoms in total. The Balaban J connectivity index is 0.000000223. The van der Waals surface area contributed by atoms with Crippen LogP contribution in [-0.2, 0) is 29.3 Å². The fourth-order valence-corrected chi connectivity index (χ4v) is 6.21. The van der Waals surface area contributed by atoms with Crippen LogP contribution in [0.25, 0.3) is 22.9 Å². The molecule has 0 spiro atoms. The Kier molecular flexibility index (Phi) is 9.21. The molecular weight excluding hydrogens is 586 g/mol. The molecule has 206 valence electrons. The van der Waals surface area contributed by atoms with Gasteiger partial charge in [-0.25, -0.2) is 8.42 Å². The molecule has 0 saturated heterocycles. The fourth-order valence-electron chi connectivity index (χ4n) is 3.75. The molecule has 0 aliphatic heterocycles. The molecule has 0 saturated carbocycles. The first-order valence-corrected chi connectivity index (χ1v) is 16.2. The molecule has 4 aromatic rings. The number of anilines is 1. The molecule has 0 heterocycles. The second-order valence-electron chi connectivity index (χ2n) is 8.32. The zero-order valence-electron chi connectivity index (χ0n) is 20.6. The third-order valence-corrected chi connectivity index (χ3v) is 8.68. The molecule has 0 bridgehead atoms. The summed E-state index contributed by atoms with van der Waals surface area (Å²) >= 11 is 0. The average molecular weight is 610 g/mol. The number of halogens is 1. The van der Waals surface area contributed by atoms with Gasteiger partial charge in [-0.1, -0.05) is 72.8 Å². The van der Waals surface area contributed by atoms with Crippen LogP contribution in [0.5, 0.6) is 0 Å². The highest BCUT2D eigenvalue weighted by Crippen LogP contribution is 2.31. The number of hydrogen-bond acceptors (Lipinski definition) is 7. The van der Waals surface area contributed by atoms with Gasteiger partial charge in [-0.3, -0.25) is 9.11 Å². The van der Waals surface area contributed by atoms with Crippen molar-refractivity contribution in [1.29, 1.82) is 0 Å². The van der Waals surface area contributed by atoms with Crippen molar-refractivity contribution in [3.8, 4) is 0 Å². The first-order chi connectivity index (χ1) is 18.1. The molecular formula is C26H24ClNO8S3. The number of rotatable bonds is 6. The lowest BCUT2D eigenvalue weighted by atomic mass is 10.1. The molecule has 0 aliphatic carbocycles. The topological polar surface area (TPSA) is 146 Å². The molecule has 0 aromatic heterocycles. The van der Waals surface area contributed by atoms with Gasteiger partial charge >= 0.3 is 0 Å². The van der Waals surface area contributed by atoms with Crippen LogP contribution in [0.15, 0.2) is 99.6 Å². The van der Waals surface area contributed by atoms with E-state index in [2.05, 4.69) is 0 Å². The van der Waals surface area contributed by atoms with Crippen molar-refractivity contribution in [1.82, 2.24) is 0 Å². The molecule has 2 N–H and O–H groups in total. The summed E-state index contributed by atoms with van der Waals surface area (Å²) in [6.45, 7) is 0. The summed E-state index contributed by atoms with van der Waals surface area (Å²) in [5.41, 5.74) is 1.34. The zero-order valence-corrected chi connectivity index (χ0v) is 23.8. The van der Waals surface area contributed by atoms with Gasteiger partial charge in [-0.2, -0.15) is 16.8 Å². The van der Waals surface area contributed by atoms with Crippen LogP contribution in [0.2, 0.25) is 0 Å². The molecule has 0 amide bonds. The smallest absolute Gasteiger partial charge is 0.295 e. The molecule has 0 radical (unpaired) electrons. The second kappa shape index (κ2) is 11.9. The predicted octanol–water partition coefficient (Wildman–Crippen LogP) is 5.18. The molecule has 0 unspecified atom stereocenters. The van der Waals surface area contributed by atoms with Gasteiger partial charge in [0.15, 0.2) is 0 Å². The third kappa shape index (κ3) is 7.66. The van der Waals surface area contributed by atoms with Gasteiger partial charge in [0.05, 0.1) is 4.90 Å². The Labute approximate surface area is 231 Å². The van der Waals surface area contributed by atoms with Crippen LogP contribution in [0.4, 0.5) is 5.69 Å². The van der Waals surface area contributed by atoms with Gasteiger partial charge in [-0.15, -0.1) is 0 Å². The lowest BCUT2D eigenvalue weighted by Gasteiger charge is -2.16. The van der Waals surface area contributed by atoms with E-state index < -0.39 is 29.3 Å². The predicted molar refractivity (Wildman–Crippen MR) is 153 cm³/mol. The van der Waals surface area contributed by atoms with E-state index in [4.69, 9.17) is 19.8 Å². The van der Waals surface area contributed by atoms with Gasteiger partial charge < -0.3 is 4.90 Å². The minimum atomic E-state index is -4.40. The standard InChI is InChI=1S/C14H12O6S2.C12H12ClNO2S/c15-21(16,17)13-7-3-1-5-11(13)9-10-12-6-2-4-8-14(12)22(18,19)20;1-14(2)11-7-3-6-10-9(11)5-4-8-12(10)17(13,15)16/h1-10H,(H,15,16,17)(H,18,19,20);3-8H,1-2H3. The van der Waals surface area contributed by atoms with Crippen LogP contribution in [0, 0.1) is 0 Å². The van der Waals surface area contributed by atoms with E-state index in [0.29, 0.717) is 5.39 Å². The average Bonchev–Trinajstić information content (AvgIpc) is 2.85. The van der Waals surface area contributed by atoms with Gasteiger partial charge in [0, 0.05) is 41.2 Å². The molecule has 4 rings (SSSR count). The highest BCUT2D eigenvalue weighted by Gasteiger charge is 2.16. The second-order valence-corrected chi connectivity index (χ2v) is 13.6. The van der Waals surface area contributed by atoms with E-state index in [-0.39, 0.29) is 25.8 Å². The summed E-state index contributed by atoms with van der Waals surface area (Å²) in [5, 5.41) is 1.52. The zero-order chi connectivity index (χ0) is 29.0. The summed E-state index contributed by atoms with van der Waals surface area (Å²) in [6, 6.07) is 22.0. The summed E-state index contributed by atoms with van der Waals surface area (Å²) in [6.07, 6.45) is 2.68. The maximum atomic E-state index is 11.5. The lowest BCUT2D eigenvalue weighted by molar-refractivity contribution is 0.480. The van der Waals surface area contributed by atoms with Crippen molar-refractivity contribution >= 4 is 68.6 Å². The van der Waals surface area contributed by atoms with Crippen molar-refractivity contribution in [2.75, 3.05) is 19.0 Å². The SMILES string of the molecule is CN(C)c1cccc2c(S(=O)(=O)Cl)cccc12.O=S(=O)(O)c1ccccc1C=Cc1ccccc1S(=O)(=O)O. The Morgan fingerprint density at radius 2 is 1.00 bits per heavy atom. The Morgan fingerprint density at radius 3 is 1.44 bits per heavy atom. The van der Waals surface area contributed by atoms with Gasteiger partial charge in [0.25, 0.3) is 29.3 Å². The molecule has 13 heteroatoms. The monoisotopic (exact) mass is 609 g/mol. The van der Waals surface area contributed by atoms with E-state index in [1.807, 2.05) is 37.2 Å². The van der Waals surface area contributed by atoms with Crippen molar-refractivity contribution in [2.45, 2.75) is 14.7 Å². The summed E-state index contributed by atoms with van der Waals surface area (Å²) < 4.78 is 86.4. The van der Waals surface area contributed by atoms with Crippen molar-refractivity contribution < 1.29 is 34.4 Å². The minimum Gasteiger partial charge on any atom is -0.377 e. The van der Waals surface area contributed by atoms with Crippen LogP contribution in [0.1, 0.15) is 11.1 Å². The first kappa shape index (κ1) is 30.3.